The summed E-state index contributed by atoms with van der Waals surface area (Å²) in [6.07, 6.45) is -3.93. The predicted octanol–water partition coefficient (Wildman–Crippen LogP) is 1.92. The Kier molecular flexibility index (Phi) is 3.59. The minimum absolute atomic E-state index is 0.00897. The number of halogens is 3. The second-order valence-corrected chi connectivity index (χ2v) is 5.61. The van der Waals surface area contributed by atoms with Crippen molar-refractivity contribution >= 4 is 0 Å². The van der Waals surface area contributed by atoms with Gasteiger partial charge in [0, 0.05) is 12.1 Å². The molecule has 21 heavy (non-hydrogen) atoms. The van der Waals surface area contributed by atoms with E-state index >= 15 is 0 Å². The molecule has 1 aromatic rings. The first kappa shape index (κ1) is 14.6. The Morgan fingerprint density at radius 1 is 1.24 bits per heavy atom. The van der Waals surface area contributed by atoms with E-state index in [1.54, 1.807) is 6.07 Å². The molecule has 3 rings (SSSR count). The quantitative estimate of drug-likeness (QED) is 0.876. The molecule has 4 nitrogen and oxygen atoms in total. The molecule has 2 bridgehead atoms. The van der Waals surface area contributed by atoms with Gasteiger partial charge < -0.3 is 19.9 Å². The molecule has 2 N–H and O–H groups in total. The molecule has 1 aromatic carbocycles. The number of ether oxygens (including phenoxy) is 2. The fraction of sp³-hybridized carbons (Fsp3) is 0.571. The second-order valence-electron chi connectivity index (χ2n) is 5.61. The molecule has 0 amide bonds. The van der Waals surface area contributed by atoms with Crippen molar-refractivity contribution in [3.63, 3.8) is 0 Å². The molecule has 2 saturated heterocycles. The van der Waals surface area contributed by atoms with Gasteiger partial charge in [-0.1, -0.05) is 12.1 Å². The summed E-state index contributed by atoms with van der Waals surface area (Å²) >= 11 is 0. The van der Waals surface area contributed by atoms with E-state index in [1.807, 2.05) is 0 Å². The molecule has 0 aliphatic carbocycles. The Bertz CT molecular complexity index is 508. The number of fused-ring (bicyclic) bond motifs is 2. The van der Waals surface area contributed by atoms with Gasteiger partial charge in [-0.05, 0) is 30.5 Å². The molecular formula is C14H16F3NO3. The lowest BCUT2D eigenvalue weighted by Crippen LogP contribution is -2.58. The molecule has 0 saturated carbocycles. The summed E-state index contributed by atoms with van der Waals surface area (Å²) in [5.41, 5.74) is -0.711. The van der Waals surface area contributed by atoms with Gasteiger partial charge in [0.2, 0.25) is 0 Å². The third-order valence-corrected chi connectivity index (χ3v) is 3.88. The Labute approximate surface area is 119 Å². The number of nitrogens with one attached hydrogen (secondary N) is 1. The first-order valence-electron chi connectivity index (χ1n) is 6.76. The maximum Gasteiger partial charge on any atom is 0.573 e. The molecule has 2 atom stereocenters. The average Bonchev–Trinajstić information content (AvgIpc) is 2.36. The third-order valence-electron chi connectivity index (χ3n) is 3.88. The van der Waals surface area contributed by atoms with Gasteiger partial charge in [-0.2, -0.15) is 0 Å². The van der Waals surface area contributed by atoms with Gasteiger partial charge in [-0.25, -0.2) is 0 Å². The third kappa shape index (κ3) is 3.30. The molecule has 0 aromatic heterocycles. The highest BCUT2D eigenvalue weighted by Crippen LogP contribution is 2.38. The van der Waals surface area contributed by atoms with Gasteiger partial charge in [-0.3, -0.25) is 0 Å². The monoisotopic (exact) mass is 303 g/mol. The molecule has 2 fully saturated rings. The minimum atomic E-state index is -4.74. The van der Waals surface area contributed by atoms with E-state index in [0.717, 1.165) is 0 Å². The van der Waals surface area contributed by atoms with Crippen molar-refractivity contribution in [1.82, 2.24) is 5.32 Å². The van der Waals surface area contributed by atoms with Crippen LogP contribution in [0.15, 0.2) is 24.3 Å². The number of hydrogen-bond donors (Lipinski definition) is 2. The molecule has 7 heteroatoms. The molecule has 2 aliphatic heterocycles. The van der Waals surface area contributed by atoms with E-state index in [2.05, 4.69) is 10.1 Å². The summed E-state index contributed by atoms with van der Waals surface area (Å²) in [5, 5.41) is 14.2. The van der Waals surface area contributed by atoms with Crippen LogP contribution in [-0.4, -0.2) is 36.8 Å². The van der Waals surface area contributed by atoms with Crippen molar-refractivity contribution in [1.29, 1.82) is 0 Å². The zero-order valence-corrected chi connectivity index (χ0v) is 11.2. The Hall–Kier alpha value is -1.31. The van der Waals surface area contributed by atoms with Gasteiger partial charge in [-0.15, -0.1) is 13.2 Å². The fourth-order valence-corrected chi connectivity index (χ4v) is 3.13. The lowest BCUT2D eigenvalue weighted by Gasteiger charge is -2.45. The van der Waals surface area contributed by atoms with E-state index in [0.29, 0.717) is 31.6 Å². The van der Waals surface area contributed by atoms with Crippen LogP contribution in [0.5, 0.6) is 5.75 Å². The number of aliphatic hydroxyl groups is 1. The number of alkyl halides is 3. The summed E-state index contributed by atoms with van der Waals surface area (Å²) in [6.45, 7) is 0.995. The van der Waals surface area contributed by atoms with Gasteiger partial charge in [0.15, 0.2) is 0 Å². The average molecular weight is 303 g/mol. The zero-order chi connectivity index (χ0) is 15.1. The van der Waals surface area contributed by atoms with Crippen LogP contribution in [0.3, 0.4) is 0 Å². The zero-order valence-electron chi connectivity index (χ0n) is 11.2. The van der Waals surface area contributed by atoms with Crippen LogP contribution in [0.25, 0.3) is 0 Å². The van der Waals surface area contributed by atoms with Crippen molar-refractivity contribution < 1.29 is 27.8 Å². The number of benzene rings is 1. The SMILES string of the molecule is OC1(c2cccc(OC(F)(F)F)c2)CC2COCC(C1)N2. The summed E-state index contributed by atoms with van der Waals surface area (Å²) in [6, 6.07) is 5.60. The molecule has 0 radical (unpaired) electrons. The van der Waals surface area contributed by atoms with Gasteiger partial charge in [0.25, 0.3) is 0 Å². The molecule has 2 unspecified atom stereocenters. The maximum absolute atomic E-state index is 12.3. The van der Waals surface area contributed by atoms with Gasteiger partial charge in [0.05, 0.1) is 18.8 Å². The molecule has 2 heterocycles. The largest absolute Gasteiger partial charge is 0.573 e. The van der Waals surface area contributed by atoms with Gasteiger partial charge >= 0.3 is 6.36 Å². The second kappa shape index (κ2) is 5.15. The normalized spacial score (nSPS) is 32.8. The highest BCUT2D eigenvalue weighted by molar-refractivity contribution is 5.33. The Morgan fingerprint density at radius 3 is 2.52 bits per heavy atom. The highest BCUT2D eigenvalue weighted by atomic mass is 19.4. The van der Waals surface area contributed by atoms with Crippen LogP contribution >= 0.6 is 0 Å². The van der Waals surface area contributed by atoms with E-state index < -0.39 is 12.0 Å². The smallest absolute Gasteiger partial charge is 0.406 e. The number of morpholine rings is 1. The summed E-state index contributed by atoms with van der Waals surface area (Å²) < 4.78 is 46.2. The fourth-order valence-electron chi connectivity index (χ4n) is 3.13. The van der Waals surface area contributed by atoms with E-state index in [-0.39, 0.29) is 17.8 Å². The van der Waals surface area contributed by atoms with Crippen molar-refractivity contribution in [2.45, 2.75) is 36.9 Å². The van der Waals surface area contributed by atoms with Gasteiger partial charge in [0.1, 0.15) is 5.75 Å². The lowest BCUT2D eigenvalue weighted by atomic mass is 9.78. The summed E-state index contributed by atoms with van der Waals surface area (Å²) in [5.74, 6) is -0.312. The van der Waals surface area contributed by atoms with Crippen LogP contribution in [0.2, 0.25) is 0 Å². The van der Waals surface area contributed by atoms with Crippen molar-refractivity contribution in [2.24, 2.45) is 0 Å². The molecular weight excluding hydrogens is 287 g/mol. The standard InChI is InChI=1S/C14H16F3NO3/c15-14(16,17)21-12-3-1-2-9(4-12)13(19)5-10-7-20-8-11(6-13)18-10/h1-4,10-11,18-19H,5-8H2. The first-order chi connectivity index (χ1) is 9.84. The lowest BCUT2D eigenvalue weighted by molar-refractivity contribution is -0.274. The van der Waals surface area contributed by atoms with E-state index in [1.165, 1.54) is 18.2 Å². The van der Waals surface area contributed by atoms with Crippen LogP contribution in [0.4, 0.5) is 13.2 Å². The van der Waals surface area contributed by atoms with Crippen molar-refractivity contribution in [2.75, 3.05) is 13.2 Å². The Balaban J connectivity index is 1.84. The summed E-state index contributed by atoms with van der Waals surface area (Å²) in [4.78, 5) is 0. The van der Waals surface area contributed by atoms with Crippen LogP contribution in [0.1, 0.15) is 18.4 Å². The van der Waals surface area contributed by atoms with Crippen LogP contribution < -0.4 is 10.1 Å². The van der Waals surface area contributed by atoms with E-state index in [9.17, 15) is 18.3 Å². The molecule has 116 valence electrons. The molecule has 2 aliphatic rings. The van der Waals surface area contributed by atoms with Crippen LogP contribution in [-0.2, 0) is 10.3 Å². The predicted molar refractivity (Wildman–Crippen MR) is 67.8 cm³/mol. The molecule has 0 spiro atoms. The van der Waals surface area contributed by atoms with Crippen molar-refractivity contribution in [3.05, 3.63) is 29.8 Å². The highest BCUT2D eigenvalue weighted by Gasteiger charge is 2.42. The first-order valence-corrected chi connectivity index (χ1v) is 6.76. The minimum Gasteiger partial charge on any atom is -0.406 e. The number of rotatable bonds is 2. The summed E-state index contributed by atoms with van der Waals surface area (Å²) in [7, 11) is 0. The Morgan fingerprint density at radius 2 is 1.90 bits per heavy atom. The van der Waals surface area contributed by atoms with Crippen LogP contribution in [0, 0.1) is 0 Å². The topological polar surface area (TPSA) is 50.7 Å². The van der Waals surface area contributed by atoms with Crippen molar-refractivity contribution in [3.8, 4) is 5.75 Å². The van der Waals surface area contributed by atoms with E-state index in [4.69, 9.17) is 4.74 Å². The maximum atomic E-state index is 12.3. The number of hydrogen-bond acceptors (Lipinski definition) is 4. The number of piperidine rings is 1.